The summed E-state index contributed by atoms with van der Waals surface area (Å²) in [4.78, 5) is 47.0. The summed E-state index contributed by atoms with van der Waals surface area (Å²) in [6, 6.07) is 7.44. The first-order valence-corrected chi connectivity index (χ1v) is 24.5. The average molecular weight is 1070 g/mol. The van der Waals surface area contributed by atoms with E-state index in [-0.39, 0.29) is 59.8 Å². The number of halogens is 1. The number of aryl methyl sites for hydroxylation is 2. The van der Waals surface area contributed by atoms with Gasteiger partial charge in [-0.2, -0.15) is 5.10 Å². The molecule has 2 aliphatic rings. The number of primary amides is 2. The number of ether oxygens (including phenoxy) is 3. The zero-order valence-corrected chi connectivity index (χ0v) is 41.8. The summed E-state index contributed by atoms with van der Waals surface area (Å²) in [5.41, 5.74) is 13.0. The van der Waals surface area contributed by atoms with Crippen LogP contribution in [0.1, 0.15) is 101 Å². The van der Waals surface area contributed by atoms with Gasteiger partial charge < -0.3 is 58.6 Å². The normalized spacial score (nSPS) is 15.4. The molecule has 1 atom stereocenters. The standard InChI is InChI=1S/C45H60IN14O9/c1-7-59-33(21-27(2)54-59)42(63)51-43-50-31-22-29(39(47)61)25-35(67-6)38(31)58(43)15-9-8-13-49-37-32(60(66)46-65)23-30(40(48)62)24-34(37)68-20-10-14-55-16-11-28(12-17-55)41-53-52-36-26-56(18-19-57(36)41)44(64)69-45(3,4)5/h8-9,21-25,28,44,49,64H,7,10-20,26H2,1-6H3,(H2,47,61)(H2,48,62)(H,50,51,63)/q-1/b9-8+. The Hall–Kier alpha value is -6.06. The van der Waals surface area contributed by atoms with Gasteiger partial charge in [0, 0.05) is 56.3 Å². The Morgan fingerprint density at radius 2 is 1.75 bits per heavy atom. The molecule has 2 aromatic carbocycles. The molecule has 7 N–H and O–H groups in total. The lowest BCUT2D eigenvalue weighted by atomic mass is 9.95. The monoisotopic (exact) mass is 1070 g/mol. The van der Waals surface area contributed by atoms with Crippen LogP contribution in [0.2, 0.25) is 0 Å². The number of allylic oxidation sites excluding steroid dienone is 1. The zero-order valence-electron chi connectivity index (χ0n) is 39.6. The molecule has 0 radical (unpaired) electrons. The van der Waals surface area contributed by atoms with Crippen molar-refractivity contribution < 1.29 is 36.8 Å². The lowest BCUT2D eigenvalue weighted by Gasteiger charge is -2.36. The first-order chi connectivity index (χ1) is 33.0. The largest absolute Gasteiger partial charge is 0.747 e. The number of nitrogens with one attached hydrogen (secondary N) is 2. The summed E-state index contributed by atoms with van der Waals surface area (Å²) in [6.07, 6.45) is 4.99. The first kappa shape index (κ1) is 50.8. The van der Waals surface area contributed by atoms with E-state index in [1.807, 2.05) is 32.6 Å². The number of aromatic nitrogens is 7. The SMILES string of the molecule is CCn1nc(C)cc1C(=O)Nc1nc2cc(C(N)=O)cc(OC)c2n1C/C=C/CNc1c(OCCCN2CCC(c3nnc4n3CCN(C(O)OC(C)(C)C)C4)CC2)cc(C(N)=O)cc1N([O-])I=O. The third kappa shape index (κ3) is 12.0. The van der Waals surface area contributed by atoms with Gasteiger partial charge in [0.25, 0.3) is 27.4 Å². The molecule has 0 aliphatic carbocycles. The molecule has 372 valence electrons. The Morgan fingerprint density at radius 1 is 1.03 bits per heavy atom. The third-order valence-corrected chi connectivity index (χ3v) is 12.7. The molecule has 1 unspecified atom stereocenters. The summed E-state index contributed by atoms with van der Waals surface area (Å²) in [6.45, 7) is 14.6. The first-order valence-electron chi connectivity index (χ1n) is 22.7. The van der Waals surface area contributed by atoms with E-state index in [1.165, 1.54) is 31.4 Å². The highest BCUT2D eigenvalue weighted by atomic mass is 127. The second kappa shape index (κ2) is 22.1. The van der Waals surface area contributed by atoms with Gasteiger partial charge in [0.15, 0.2) is 0 Å². The van der Waals surface area contributed by atoms with E-state index in [0.29, 0.717) is 64.0 Å². The van der Waals surface area contributed by atoms with Gasteiger partial charge >= 0.3 is 0 Å². The lowest BCUT2D eigenvalue weighted by Crippen LogP contribution is -2.46. The van der Waals surface area contributed by atoms with E-state index in [4.69, 9.17) is 25.7 Å². The maximum atomic E-state index is 13.6. The molecule has 7 rings (SSSR count). The summed E-state index contributed by atoms with van der Waals surface area (Å²) in [5.74, 6) is 0.814. The topological polar surface area (TPSA) is 291 Å². The van der Waals surface area contributed by atoms with Gasteiger partial charge in [-0.1, -0.05) is 12.2 Å². The number of nitrogens with zero attached hydrogens (tertiary/aromatic N) is 10. The molecule has 3 amide bonds. The Bertz CT molecular complexity index is 2700. The number of methoxy groups -OCH3 is 1. The molecular formula is C45H60IN14O9-. The van der Waals surface area contributed by atoms with E-state index in [1.54, 1.807) is 34.4 Å². The number of amides is 3. The number of fused-ring (bicyclic) bond motifs is 2. The van der Waals surface area contributed by atoms with Crippen molar-refractivity contribution in [2.45, 2.75) is 98.0 Å². The van der Waals surface area contributed by atoms with Crippen LogP contribution in [-0.4, -0.2) is 125 Å². The van der Waals surface area contributed by atoms with Gasteiger partial charge in [0.1, 0.15) is 40.0 Å². The summed E-state index contributed by atoms with van der Waals surface area (Å²) >= 11 is -2.22. The molecule has 69 heavy (non-hydrogen) atoms. The summed E-state index contributed by atoms with van der Waals surface area (Å²) in [7, 11) is 1.45. The smallest absolute Gasteiger partial charge is 0.276 e. The van der Waals surface area contributed by atoms with Gasteiger partial charge in [0.05, 0.1) is 42.8 Å². The predicted octanol–water partition coefficient (Wildman–Crippen LogP) is 4.37. The number of carbonyl (C=O) groups excluding carboxylic acids is 3. The highest BCUT2D eigenvalue weighted by Crippen LogP contribution is 2.39. The van der Waals surface area contributed by atoms with E-state index >= 15 is 0 Å². The quantitative estimate of drug-likeness (QED) is 0.0170. The maximum Gasteiger partial charge on any atom is 0.276 e. The molecule has 0 saturated carbocycles. The minimum Gasteiger partial charge on any atom is -0.747 e. The fourth-order valence-electron chi connectivity index (χ4n) is 8.54. The van der Waals surface area contributed by atoms with Gasteiger partial charge in [-0.05, 0) is 97.3 Å². The number of rotatable bonds is 21. The number of hydrogen-bond donors (Lipinski definition) is 5. The predicted molar refractivity (Wildman–Crippen MR) is 264 cm³/mol. The van der Waals surface area contributed by atoms with Crippen molar-refractivity contribution in [2.75, 3.05) is 60.4 Å². The number of likely N-dealkylation sites (tertiary alicyclic amines) is 1. The fraction of sp³-hybridized carbons (Fsp3) is 0.489. The van der Waals surface area contributed by atoms with E-state index < -0.39 is 51.2 Å². The molecule has 0 spiro atoms. The number of carbonyl (C=O) groups is 3. The second-order valence-electron chi connectivity index (χ2n) is 17.8. The molecule has 0 bridgehead atoms. The zero-order chi connectivity index (χ0) is 49.6. The van der Waals surface area contributed by atoms with Crippen molar-refractivity contribution in [3.8, 4) is 11.5 Å². The average Bonchev–Trinajstić information content (AvgIpc) is 4.03. The second-order valence-corrected chi connectivity index (χ2v) is 19.0. The highest BCUT2D eigenvalue weighted by Gasteiger charge is 2.32. The van der Waals surface area contributed by atoms with Crippen LogP contribution in [-0.2, 0) is 34.0 Å². The number of aliphatic hydroxyl groups is 1. The van der Waals surface area contributed by atoms with E-state index in [0.717, 1.165) is 44.1 Å². The van der Waals surface area contributed by atoms with Crippen LogP contribution in [0.4, 0.5) is 17.3 Å². The Kier molecular flexibility index (Phi) is 16.3. The van der Waals surface area contributed by atoms with E-state index in [2.05, 4.69) is 40.4 Å². The third-order valence-electron chi connectivity index (χ3n) is 11.9. The molecule has 23 nitrogen and oxygen atoms in total. The van der Waals surface area contributed by atoms with Crippen molar-refractivity contribution in [2.24, 2.45) is 11.5 Å². The Morgan fingerprint density at radius 3 is 2.43 bits per heavy atom. The number of aliphatic hydroxyl groups excluding tert-OH is 1. The number of imidazole rings is 1. The molecule has 5 aromatic rings. The van der Waals surface area contributed by atoms with Crippen LogP contribution in [0.15, 0.2) is 42.5 Å². The van der Waals surface area contributed by atoms with Crippen molar-refractivity contribution in [1.82, 2.24) is 43.9 Å². The summed E-state index contributed by atoms with van der Waals surface area (Å²) < 4.78 is 35.5. The van der Waals surface area contributed by atoms with Gasteiger partial charge in [-0.3, -0.25) is 24.4 Å². The molecule has 1 fully saturated rings. The Labute approximate surface area is 409 Å². The van der Waals surface area contributed by atoms with Crippen molar-refractivity contribution in [1.29, 1.82) is 0 Å². The van der Waals surface area contributed by atoms with Crippen LogP contribution in [0.25, 0.3) is 11.0 Å². The molecular weight excluding hydrogens is 1010 g/mol. The van der Waals surface area contributed by atoms with Gasteiger partial charge in [-0.25, -0.2) is 13.0 Å². The van der Waals surface area contributed by atoms with Crippen LogP contribution < -0.4 is 34.9 Å². The number of hydrogen-bond acceptors (Lipinski definition) is 16. The maximum absolute atomic E-state index is 13.6. The molecule has 3 aromatic heterocycles. The van der Waals surface area contributed by atoms with Crippen LogP contribution in [0.5, 0.6) is 11.5 Å². The number of piperidine rings is 1. The van der Waals surface area contributed by atoms with Crippen molar-refractivity contribution >= 4 is 67.5 Å². The number of benzene rings is 2. The summed E-state index contributed by atoms with van der Waals surface area (Å²) in [5, 5.41) is 43.1. The van der Waals surface area contributed by atoms with Crippen LogP contribution in [0.3, 0.4) is 0 Å². The van der Waals surface area contributed by atoms with Crippen molar-refractivity contribution in [3.63, 3.8) is 0 Å². The minimum absolute atomic E-state index is 0.0198. The number of nitrogens with two attached hydrogens (primary N) is 2. The lowest BCUT2D eigenvalue weighted by molar-refractivity contribution is -0.244. The van der Waals surface area contributed by atoms with Crippen molar-refractivity contribution in [3.05, 3.63) is 81.9 Å². The molecule has 1 saturated heterocycles. The van der Waals surface area contributed by atoms with E-state index in [9.17, 15) is 27.8 Å². The van der Waals surface area contributed by atoms with Crippen LogP contribution in [0, 0.1) is 12.1 Å². The molecule has 2 aliphatic heterocycles. The minimum atomic E-state index is -2.22. The van der Waals surface area contributed by atoms with Gasteiger partial charge in [-0.15, -0.1) is 10.2 Å². The van der Waals surface area contributed by atoms with Crippen LogP contribution >= 0.6 is 21.5 Å². The fourth-order valence-corrected chi connectivity index (χ4v) is 9.13. The number of anilines is 3. The highest BCUT2D eigenvalue weighted by molar-refractivity contribution is 14.1. The van der Waals surface area contributed by atoms with Gasteiger partial charge in [0.2, 0.25) is 24.2 Å². The Balaban J connectivity index is 1.00. The molecule has 24 heteroatoms. The molecule has 5 heterocycles.